The molecule has 2 aliphatic heterocycles. The van der Waals surface area contributed by atoms with Crippen molar-refractivity contribution in [3.05, 3.63) is 58.9 Å². The molecule has 2 heteroatoms. The van der Waals surface area contributed by atoms with Crippen molar-refractivity contribution in [1.29, 1.82) is 0 Å². The molecule has 4 aliphatic rings. The Balaban J connectivity index is 1.05. The van der Waals surface area contributed by atoms with Crippen LogP contribution in [0.3, 0.4) is 0 Å². The highest BCUT2D eigenvalue weighted by Gasteiger charge is 2.41. The van der Waals surface area contributed by atoms with Gasteiger partial charge in [-0.3, -0.25) is 4.90 Å². The first kappa shape index (κ1) is 26.5. The molecule has 1 saturated heterocycles. The smallest absolute Gasteiger partial charge is 0.109 e. The lowest BCUT2D eigenvalue weighted by molar-refractivity contribution is 0.191. The van der Waals surface area contributed by atoms with Gasteiger partial charge in [0.1, 0.15) is 6.17 Å². The standard InChI is InChI=1S/C33H52N2/c1-2-3-4-5-6-7-8-9-10-11-12-13-14-15-16-21-26-34-27-28-35-32-25-20-19-23-30(32)29-22-17-18-24-31(29)33(34)35/h17-20,24-25,33H,2-16,21-23,26-28H2,1H3. The van der Waals surface area contributed by atoms with Crippen LogP contribution < -0.4 is 0 Å². The summed E-state index contributed by atoms with van der Waals surface area (Å²) in [5.41, 5.74) is 6.30. The Labute approximate surface area is 216 Å². The van der Waals surface area contributed by atoms with Gasteiger partial charge < -0.3 is 4.90 Å². The number of nitrogens with zero attached hydrogens (tertiary/aromatic N) is 2. The molecule has 1 fully saturated rings. The van der Waals surface area contributed by atoms with Crippen molar-refractivity contribution in [2.75, 3.05) is 19.6 Å². The zero-order chi connectivity index (χ0) is 24.1. The third-order valence-electron chi connectivity index (χ3n) is 8.62. The van der Waals surface area contributed by atoms with Gasteiger partial charge >= 0.3 is 0 Å². The summed E-state index contributed by atoms with van der Waals surface area (Å²) in [5, 5.41) is 0. The van der Waals surface area contributed by atoms with Gasteiger partial charge in [-0.25, -0.2) is 0 Å². The molecule has 0 aromatic rings. The fraction of sp³-hybridized carbons (Fsp3) is 0.697. The van der Waals surface area contributed by atoms with Crippen LogP contribution >= 0.6 is 0 Å². The van der Waals surface area contributed by atoms with Crippen molar-refractivity contribution in [3.63, 3.8) is 0 Å². The summed E-state index contributed by atoms with van der Waals surface area (Å²) in [6.07, 6.45) is 39.8. The molecule has 0 bridgehead atoms. The van der Waals surface area contributed by atoms with E-state index in [0.717, 1.165) is 12.8 Å². The van der Waals surface area contributed by atoms with E-state index < -0.39 is 0 Å². The fourth-order valence-corrected chi connectivity index (χ4v) is 6.60. The first-order chi connectivity index (χ1) is 17.4. The Morgan fingerprint density at radius 2 is 1.17 bits per heavy atom. The molecule has 0 radical (unpaired) electrons. The molecule has 4 rings (SSSR count). The van der Waals surface area contributed by atoms with E-state index in [-0.39, 0.29) is 0 Å². The quantitative estimate of drug-likeness (QED) is 0.193. The lowest BCUT2D eigenvalue weighted by atomic mass is 9.83. The number of allylic oxidation sites excluding steroid dienone is 7. The van der Waals surface area contributed by atoms with Gasteiger partial charge in [0.25, 0.3) is 0 Å². The van der Waals surface area contributed by atoms with Crippen LogP contribution in [0.5, 0.6) is 0 Å². The zero-order valence-corrected chi connectivity index (χ0v) is 22.8. The molecular formula is C33H52N2. The van der Waals surface area contributed by atoms with E-state index in [1.807, 2.05) is 0 Å². The monoisotopic (exact) mass is 476 g/mol. The van der Waals surface area contributed by atoms with Crippen molar-refractivity contribution in [3.8, 4) is 0 Å². The van der Waals surface area contributed by atoms with E-state index in [9.17, 15) is 0 Å². The van der Waals surface area contributed by atoms with Crippen LogP contribution in [0.1, 0.15) is 122 Å². The van der Waals surface area contributed by atoms with Crippen molar-refractivity contribution in [2.24, 2.45) is 0 Å². The Hall–Kier alpha value is -1.54. The average molecular weight is 477 g/mol. The highest BCUT2D eigenvalue weighted by molar-refractivity contribution is 5.57. The Kier molecular flexibility index (Phi) is 11.3. The molecule has 194 valence electrons. The predicted octanol–water partition coefficient (Wildman–Crippen LogP) is 9.23. The van der Waals surface area contributed by atoms with Crippen molar-refractivity contribution in [2.45, 2.75) is 129 Å². The van der Waals surface area contributed by atoms with Gasteiger partial charge in [-0.05, 0) is 42.1 Å². The topological polar surface area (TPSA) is 6.48 Å². The van der Waals surface area contributed by atoms with Crippen LogP contribution in [-0.2, 0) is 0 Å². The maximum Gasteiger partial charge on any atom is 0.109 e. The average Bonchev–Trinajstić information content (AvgIpc) is 3.33. The van der Waals surface area contributed by atoms with Crippen molar-refractivity contribution >= 4 is 0 Å². The second-order valence-electron chi connectivity index (χ2n) is 11.3. The summed E-state index contributed by atoms with van der Waals surface area (Å²) >= 11 is 0. The number of hydrogen-bond acceptors (Lipinski definition) is 2. The van der Waals surface area contributed by atoms with Crippen LogP contribution in [0.25, 0.3) is 0 Å². The van der Waals surface area contributed by atoms with Gasteiger partial charge in [-0.2, -0.15) is 0 Å². The predicted molar refractivity (Wildman–Crippen MR) is 152 cm³/mol. The molecule has 1 atom stereocenters. The summed E-state index contributed by atoms with van der Waals surface area (Å²) in [5.74, 6) is 0. The molecule has 35 heavy (non-hydrogen) atoms. The molecule has 0 aromatic heterocycles. The highest BCUT2D eigenvalue weighted by atomic mass is 15.4. The summed E-state index contributed by atoms with van der Waals surface area (Å²) < 4.78 is 0. The van der Waals surface area contributed by atoms with Gasteiger partial charge in [-0.1, -0.05) is 134 Å². The summed E-state index contributed by atoms with van der Waals surface area (Å²) in [4.78, 5) is 5.46. The van der Waals surface area contributed by atoms with Gasteiger partial charge in [0.05, 0.1) is 0 Å². The molecule has 2 aliphatic carbocycles. The van der Waals surface area contributed by atoms with Gasteiger partial charge in [0.15, 0.2) is 0 Å². The van der Waals surface area contributed by atoms with E-state index >= 15 is 0 Å². The van der Waals surface area contributed by atoms with E-state index in [0.29, 0.717) is 6.17 Å². The summed E-state index contributed by atoms with van der Waals surface area (Å²) in [6, 6.07) is 0. The van der Waals surface area contributed by atoms with Crippen LogP contribution in [-0.4, -0.2) is 35.6 Å². The minimum Gasteiger partial charge on any atom is -0.350 e. The molecule has 2 heterocycles. The molecule has 1 unspecified atom stereocenters. The minimum absolute atomic E-state index is 0.479. The minimum atomic E-state index is 0.479. The lowest BCUT2D eigenvalue weighted by Crippen LogP contribution is -2.44. The lowest BCUT2D eigenvalue weighted by Gasteiger charge is -2.43. The second-order valence-corrected chi connectivity index (χ2v) is 11.3. The van der Waals surface area contributed by atoms with Gasteiger partial charge in [0, 0.05) is 25.3 Å². The zero-order valence-electron chi connectivity index (χ0n) is 22.8. The van der Waals surface area contributed by atoms with Crippen LogP contribution in [0.4, 0.5) is 0 Å². The van der Waals surface area contributed by atoms with Crippen molar-refractivity contribution in [1.82, 2.24) is 9.80 Å². The number of rotatable bonds is 17. The second kappa shape index (κ2) is 14.9. The maximum absolute atomic E-state index is 2.77. The van der Waals surface area contributed by atoms with Crippen LogP contribution in [0.15, 0.2) is 58.9 Å². The van der Waals surface area contributed by atoms with Gasteiger partial charge in [-0.15, -0.1) is 0 Å². The highest BCUT2D eigenvalue weighted by Crippen LogP contribution is 2.44. The SMILES string of the molecule is CCCCCCCCCCCCCCCCCCN1CCN2C3=CC=CCC3=C3CC=CC=C3C12. The van der Waals surface area contributed by atoms with E-state index in [1.54, 1.807) is 16.7 Å². The van der Waals surface area contributed by atoms with Gasteiger partial charge in [0.2, 0.25) is 0 Å². The largest absolute Gasteiger partial charge is 0.350 e. The van der Waals surface area contributed by atoms with Crippen molar-refractivity contribution < 1.29 is 0 Å². The number of unbranched alkanes of at least 4 members (excludes halogenated alkanes) is 15. The third-order valence-corrected chi connectivity index (χ3v) is 8.62. The Morgan fingerprint density at radius 3 is 1.80 bits per heavy atom. The maximum atomic E-state index is 2.77. The van der Waals surface area contributed by atoms with E-state index in [4.69, 9.17) is 0 Å². The summed E-state index contributed by atoms with van der Waals surface area (Å²) in [7, 11) is 0. The fourth-order valence-electron chi connectivity index (χ4n) is 6.60. The molecule has 0 N–H and O–H groups in total. The number of hydrogen-bond donors (Lipinski definition) is 0. The Bertz CT molecular complexity index is 796. The molecule has 0 amide bonds. The Morgan fingerprint density at radius 1 is 0.629 bits per heavy atom. The molecule has 0 spiro atoms. The summed E-state index contributed by atoms with van der Waals surface area (Å²) in [6.45, 7) is 5.96. The molecule has 2 nitrogen and oxygen atoms in total. The van der Waals surface area contributed by atoms with E-state index in [2.05, 4.69) is 53.2 Å². The van der Waals surface area contributed by atoms with Crippen LogP contribution in [0, 0.1) is 0 Å². The van der Waals surface area contributed by atoms with Crippen LogP contribution in [0.2, 0.25) is 0 Å². The number of fused-ring (bicyclic) bond motifs is 5. The first-order valence-electron chi connectivity index (χ1n) is 15.4. The third kappa shape index (κ3) is 7.48. The molecular weight excluding hydrogens is 424 g/mol. The molecule has 0 aromatic carbocycles. The molecule has 0 saturated carbocycles. The van der Waals surface area contributed by atoms with E-state index in [1.165, 1.54) is 128 Å². The normalized spacial score (nSPS) is 21.2. The first-order valence-corrected chi connectivity index (χ1v) is 15.4.